The van der Waals surface area contributed by atoms with Crippen molar-refractivity contribution in [2.24, 2.45) is 0 Å². The largest absolute Gasteiger partial charge is 0.454 e. The summed E-state index contributed by atoms with van der Waals surface area (Å²) in [7, 11) is -2.20. The zero-order valence-electron chi connectivity index (χ0n) is 14.0. The number of ether oxygens (including phenoxy) is 2. The average Bonchev–Trinajstić information content (AvgIpc) is 3.26. The maximum atomic E-state index is 12.7. The Kier molecular flexibility index (Phi) is 3.87. The Balaban J connectivity index is 1.60. The Hall–Kier alpha value is -2.94. The van der Waals surface area contributed by atoms with Crippen LogP contribution in [0.4, 0.5) is 16.2 Å². The first-order valence-corrected chi connectivity index (χ1v) is 9.51. The molecule has 2 N–H and O–H groups in total. The zero-order valence-corrected chi connectivity index (χ0v) is 14.8. The number of nitrogens with one attached hydrogen (secondary N) is 2. The predicted octanol–water partition coefficient (Wildman–Crippen LogP) is 1.92. The fraction of sp³-hybridized carbons (Fsp3) is 0.235. The van der Waals surface area contributed by atoms with Gasteiger partial charge in [0.15, 0.2) is 11.5 Å². The van der Waals surface area contributed by atoms with Gasteiger partial charge in [0.1, 0.15) is 0 Å². The molecule has 4 rings (SSSR count). The summed E-state index contributed by atoms with van der Waals surface area (Å²) in [5.74, 6) is 1.08. The van der Waals surface area contributed by atoms with Crippen molar-refractivity contribution in [1.82, 2.24) is 5.32 Å². The van der Waals surface area contributed by atoms with E-state index in [0.29, 0.717) is 30.2 Å². The van der Waals surface area contributed by atoms with Gasteiger partial charge in [-0.15, -0.1) is 0 Å². The summed E-state index contributed by atoms with van der Waals surface area (Å²) in [6.45, 7) is 0.645. The first kappa shape index (κ1) is 16.5. The van der Waals surface area contributed by atoms with E-state index in [1.165, 1.54) is 6.07 Å². The summed E-state index contributed by atoms with van der Waals surface area (Å²) in [4.78, 5) is 13.6. The van der Waals surface area contributed by atoms with Gasteiger partial charge in [-0.2, -0.15) is 0 Å². The molecule has 0 fully saturated rings. The van der Waals surface area contributed by atoms with Gasteiger partial charge in [-0.1, -0.05) is 0 Å². The molecule has 2 aromatic rings. The van der Waals surface area contributed by atoms with Crippen LogP contribution in [0, 0.1) is 0 Å². The molecule has 0 radical (unpaired) electrons. The van der Waals surface area contributed by atoms with Crippen LogP contribution in [0.15, 0.2) is 41.3 Å². The molecular weight excluding hydrogens is 358 g/mol. The average molecular weight is 375 g/mol. The van der Waals surface area contributed by atoms with Crippen molar-refractivity contribution in [3.05, 3.63) is 42.0 Å². The summed E-state index contributed by atoms with van der Waals surface area (Å²) in [6, 6.07) is 9.41. The molecule has 0 spiro atoms. The molecule has 136 valence electrons. The van der Waals surface area contributed by atoms with Gasteiger partial charge in [-0.25, -0.2) is 13.2 Å². The van der Waals surface area contributed by atoms with Crippen molar-refractivity contribution in [3.63, 3.8) is 0 Å². The molecule has 2 aliphatic rings. The molecule has 0 unspecified atom stereocenters. The van der Waals surface area contributed by atoms with Gasteiger partial charge < -0.3 is 14.8 Å². The van der Waals surface area contributed by atoms with E-state index in [2.05, 4.69) is 10.0 Å². The Morgan fingerprint density at radius 3 is 2.73 bits per heavy atom. The van der Waals surface area contributed by atoms with E-state index in [1.54, 1.807) is 42.3 Å². The highest BCUT2D eigenvalue weighted by Gasteiger charge is 2.26. The Bertz CT molecular complexity index is 990. The first-order valence-electron chi connectivity index (χ1n) is 8.02. The third-order valence-corrected chi connectivity index (χ3v) is 5.72. The molecule has 0 saturated carbocycles. The van der Waals surface area contributed by atoms with Crippen molar-refractivity contribution < 1.29 is 22.7 Å². The van der Waals surface area contributed by atoms with Crippen LogP contribution in [0.2, 0.25) is 0 Å². The third-order valence-electron chi connectivity index (χ3n) is 4.34. The van der Waals surface area contributed by atoms with E-state index in [1.807, 2.05) is 0 Å². The van der Waals surface area contributed by atoms with Gasteiger partial charge in [0.05, 0.1) is 10.6 Å². The highest BCUT2D eigenvalue weighted by molar-refractivity contribution is 7.92. The number of urea groups is 1. The second-order valence-electron chi connectivity index (χ2n) is 5.92. The van der Waals surface area contributed by atoms with Crippen LogP contribution in [0.1, 0.15) is 5.56 Å². The molecule has 0 aliphatic carbocycles. The maximum Gasteiger partial charge on any atom is 0.321 e. The first-order chi connectivity index (χ1) is 12.5. The van der Waals surface area contributed by atoms with Crippen LogP contribution in [-0.2, 0) is 16.4 Å². The molecule has 2 aromatic carbocycles. The van der Waals surface area contributed by atoms with Crippen molar-refractivity contribution >= 4 is 27.4 Å². The van der Waals surface area contributed by atoms with Crippen molar-refractivity contribution in [2.75, 3.05) is 30.0 Å². The third kappa shape index (κ3) is 2.80. The lowest BCUT2D eigenvalue weighted by Crippen LogP contribution is -2.36. The second kappa shape index (κ2) is 6.10. The lowest BCUT2D eigenvalue weighted by Gasteiger charge is -2.16. The molecule has 0 saturated heterocycles. The Morgan fingerprint density at radius 1 is 1.12 bits per heavy atom. The van der Waals surface area contributed by atoms with Crippen LogP contribution in [0.25, 0.3) is 0 Å². The summed E-state index contributed by atoms with van der Waals surface area (Å²) < 4.78 is 38.4. The summed E-state index contributed by atoms with van der Waals surface area (Å²) in [6.07, 6.45) is 0.607. The van der Waals surface area contributed by atoms with Gasteiger partial charge in [-0.05, 0) is 42.3 Å². The Morgan fingerprint density at radius 2 is 1.92 bits per heavy atom. The number of rotatable bonds is 3. The number of benzene rings is 2. The number of hydrogen-bond acceptors (Lipinski definition) is 5. The van der Waals surface area contributed by atoms with Crippen molar-refractivity contribution in [3.8, 4) is 11.5 Å². The number of carbonyl (C=O) groups excluding carboxylic acids is 1. The highest BCUT2D eigenvalue weighted by Crippen LogP contribution is 2.35. The van der Waals surface area contributed by atoms with Crippen molar-refractivity contribution in [2.45, 2.75) is 11.3 Å². The monoisotopic (exact) mass is 375 g/mol. The molecule has 26 heavy (non-hydrogen) atoms. The van der Waals surface area contributed by atoms with E-state index in [9.17, 15) is 13.2 Å². The quantitative estimate of drug-likeness (QED) is 0.854. The minimum Gasteiger partial charge on any atom is -0.454 e. The topological polar surface area (TPSA) is 97.0 Å². The number of carbonyl (C=O) groups is 1. The fourth-order valence-electron chi connectivity index (χ4n) is 3.07. The number of fused-ring (bicyclic) bond motifs is 2. The van der Waals surface area contributed by atoms with Gasteiger partial charge in [-0.3, -0.25) is 9.62 Å². The summed E-state index contributed by atoms with van der Waals surface area (Å²) >= 11 is 0. The van der Waals surface area contributed by atoms with Crippen LogP contribution < -0.4 is 24.4 Å². The van der Waals surface area contributed by atoms with Crippen LogP contribution >= 0.6 is 0 Å². The number of sulfonamides is 1. The molecule has 0 bridgehead atoms. The SMILES string of the molecule is CNC(=O)N1CCc2cc(S(=O)(=O)Nc3ccc4c(c3)OCO4)ccc21. The van der Waals surface area contributed by atoms with Gasteiger partial charge in [0, 0.05) is 25.3 Å². The number of nitrogens with zero attached hydrogens (tertiary/aromatic N) is 1. The lowest BCUT2D eigenvalue weighted by molar-refractivity contribution is 0.174. The van der Waals surface area contributed by atoms with E-state index >= 15 is 0 Å². The number of amides is 2. The van der Waals surface area contributed by atoms with Gasteiger partial charge >= 0.3 is 6.03 Å². The highest BCUT2D eigenvalue weighted by atomic mass is 32.2. The van der Waals surface area contributed by atoms with Crippen LogP contribution in [0.5, 0.6) is 11.5 Å². The van der Waals surface area contributed by atoms with Gasteiger partial charge in [0.2, 0.25) is 6.79 Å². The molecule has 0 atom stereocenters. The van der Waals surface area contributed by atoms with Crippen molar-refractivity contribution in [1.29, 1.82) is 0 Å². The minimum absolute atomic E-state index is 0.123. The van der Waals surface area contributed by atoms with Crippen LogP contribution in [-0.4, -0.2) is 34.8 Å². The zero-order chi connectivity index (χ0) is 18.3. The second-order valence-corrected chi connectivity index (χ2v) is 7.60. The molecule has 2 aliphatic heterocycles. The van der Waals surface area contributed by atoms with Gasteiger partial charge in [0.25, 0.3) is 10.0 Å². The standard InChI is InChI=1S/C17H17N3O5S/c1-18-17(21)20-7-6-11-8-13(3-4-14(11)20)26(22,23)19-12-2-5-15-16(9-12)25-10-24-15/h2-5,8-9,19H,6-7,10H2,1H3,(H,18,21). The molecule has 2 heterocycles. The summed E-state index contributed by atoms with van der Waals surface area (Å²) in [5, 5.41) is 2.58. The van der Waals surface area contributed by atoms with E-state index < -0.39 is 10.0 Å². The molecule has 8 nitrogen and oxygen atoms in total. The van der Waals surface area contributed by atoms with E-state index in [0.717, 1.165) is 11.3 Å². The lowest BCUT2D eigenvalue weighted by atomic mass is 10.2. The molecular formula is C17H17N3O5S. The molecule has 9 heteroatoms. The minimum atomic E-state index is -3.76. The molecule has 2 amide bonds. The molecule has 0 aromatic heterocycles. The number of anilines is 2. The van der Waals surface area contributed by atoms with E-state index in [-0.39, 0.29) is 17.7 Å². The fourth-order valence-corrected chi connectivity index (χ4v) is 4.17. The smallest absolute Gasteiger partial charge is 0.321 e. The predicted molar refractivity (Wildman–Crippen MR) is 95.3 cm³/mol. The normalized spacial score (nSPS) is 14.9. The summed E-state index contributed by atoms with van der Waals surface area (Å²) in [5.41, 5.74) is 1.94. The van der Waals surface area contributed by atoms with E-state index in [4.69, 9.17) is 9.47 Å². The Labute approximate surface area is 150 Å². The number of hydrogen-bond donors (Lipinski definition) is 2. The van der Waals surface area contributed by atoms with Crippen LogP contribution in [0.3, 0.4) is 0 Å². The maximum absolute atomic E-state index is 12.7.